The molecule has 0 N–H and O–H groups in total. The molecular weight excluding hydrogens is 314 g/mol. The lowest BCUT2D eigenvalue weighted by atomic mass is 10.1. The summed E-state index contributed by atoms with van der Waals surface area (Å²) < 4.78 is 13.9. The van der Waals surface area contributed by atoms with Gasteiger partial charge >= 0.3 is 0 Å². The minimum atomic E-state index is -0.333. The van der Waals surface area contributed by atoms with E-state index < -0.39 is 0 Å². The largest absolute Gasteiger partial charge is 0.207 e. The second kappa shape index (κ2) is 4.74. The average Bonchev–Trinajstić information content (AvgIpc) is 2.15. The zero-order chi connectivity index (χ0) is 11.7. The van der Waals surface area contributed by atoms with E-state index in [1.807, 2.05) is 0 Å². The predicted molar refractivity (Wildman–Crippen MR) is 69.6 cm³/mol. The molecule has 0 spiro atoms. The molecule has 0 fully saturated rings. The van der Waals surface area contributed by atoms with Gasteiger partial charge in [0.1, 0.15) is 5.82 Å². The van der Waals surface area contributed by atoms with Crippen LogP contribution in [0.4, 0.5) is 4.39 Å². The Kier molecular flexibility index (Phi) is 3.53. The maximum absolute atomic E-state index is 13.3. The number of hydrogen-bond donors (Lipinski definition) is 0. The predicted octanol–water partition coefficient (Wildman–Crippen LogP) is 5.56. The van der Waals surface area contributed by atoms with Gasteiger partial charge < -0.3 is 0 Å². The molecular formula is C12H6BrCl2F. The fraction of sp³-hybridized carbons (Fsp3) is 0. The van der Waals surface area contributed by atoms with Gasteiger partial charge in [0.15, 0.2) is 0 Å². The van der Waals surface area contributed by atoms with E-state index in [4.69, 9.17) is 23.2 Å². The third kappa shape index (κ3) is 2.40. The fourth-order valence-corrected chi connectivity index (χ4v) is 2.55. The molecule has 2 rings (SSSR count). The summed E-state index contributed by atoms with van der Waals surface area (Å²) in [6.07, 6.45) is 0. The molecule has 0 amide bonds. The van der Waals surface area contributed by atoms with Crippen molar-refractivity contribution in [2.75, 3.05) is 0 Å². The minimum Gasteiger partial charge on any atom is -0.207 e. The Morgan fingerprint density at radius 3 is 2.19 bits per heavy atom. The van der Waals surface area contributed by atoms with Crippen LogP contribution >= 0.6 is 39.1 Å². The lowest BCUT2D eigenvalue weighted by molar-refractivity contribution is 0.627. The molecule has 0 saturated heterocycles. The highest BCUT2D eigenvalue weighted by atomic mass is 79.9. The lowest BCUT2D eigenvalue weighted by Gasteiger charge is -2.07. The van der Waals surface area contributed by atoms with Crippen LogP contribution in [0.5, 0.6) is 0 Å². The van der Waals surface area contributed by atoms with Gasteiger partial charge in [-0.1, -0.05) is 45.2 Å². The SMILES string of the molecule is Fc1cc(Br)cc(-c2c(Cl)cccc2Cl)c1. The summed E-state index contributed by atoms with van der Waals surface area (Å²) in [6.45, 7) is 0. The van der Waals surface area contributed by atoms with Gasteiger partial charge in [0.05, 0.1) is 0 Å². The van der Waals surface area contributed by atoms with Gasteiger partial charge in [-0.3, -0.25) is 0 Å². The smallest absolute Gasteiger partial charge is 0.124 e. The molecule has 0 heterocycles. The number of halogens is 4. The van der Waals surface area contributed by atoms with E-state index in [9.17, 15) is 4.39 Å². The van der Waals surface area contributed by atoms with Crippen LogP contribution in [0.2, 0.25) is 10.0 Å². The van der Waals surface area contributed by atoms with Crippen molar-refractivity contribution >= 4 is 39.1 Å². The van der Waals surface area contributed by atoms with Crippen LogP contribution in [0.1, 0.15) is 0 Å². The van der Waals surface area contributed by atoms with E-state index in [2.05, 4.69) is 15.9 Å². The van der Waals surface area contributed by atoms with Crippen LogP contribution in [0.15, 0.2) is 40.9 Å². The number of rotatable bonds is 1. The van der Waals surface area contributed by atoms with Gasteiger partial charge in [0.2, 0.25) is 0 Å². The monoisotopic (exact) mass is 318 g/mol. The molecule has 2 aromatic rings. The molecule has 0 aromatic heterocycles. The molecule has 16 heavy (non-hydrogen) atoms. The van der Waals surface area contributed by atoms with Crippen molar-refractivity contribution in [1.82, 2.24) is 0 Å². The molecule has 0 saturated carbocycles. The summed E-state index contributed by atoms with van der Waals surface area (Å²) in [5.74, 6) is -0.333. The summed E-state index contributed by atoms with van der Waals surface area (Å²) in [7, 11) is 0. The van der Waals surface area contributed by atoms with E-state index in [0.717, 1.165) is 0 Å². The maximum Gasteiger partial charge on any atom is 0.124 e. The van der Waals surface area contributed by atoms with E-state index in [1.54, 1.807) is 24.3 Å². The van der Waals surface area contributed by atoms with Crippen molar-refractivity contribution in [3.8, 4) is 11.1 Å². The van der Waals surface area contributed by atoms with E-state index in [1.165, 1.54) is 12.1 Å². The van der Waals surface area contributed by atoms with Crippen molar-refractivity contribution in [1.29, 1.82) is 0 Å². The number of hydrogen-bond acceptors (Lipinski definition) is 0. The Bertz CT molecular complexity index is 500. The van der Waals surface area contributed by atoms with Crippen LogP contribution in [-0.4, -0.2) is 0 Å². The maximum atomic E-state index is 13.3. The van der Waals surface area contributed by atoms with Crippen LogP contribution < -0.4 is 0 Å². The van der Waals surface area contributed by atoms with Gasteiger partial charge in [-0.15, -0.1) is 0 Å². The molecule has 0 aliphatic rings. The van der Waals surface area contributed by atoms with Crippen LogP contribution in [0.25, 0.3) is 11.1 Å². The highest BCUT2D eigenvalue weighted by Gasteiger charge is 2.09. The molecule has 0 aliphatic heterocycles. The topological polar surface area (TPSA) is 0 Å². The molecule has 0 nitrogen and oxygen atoms in total. The molecule has 0 bridgehead atoms. The van der Waals surface area contributed by atoms with E-state index in [-0.39, 0.29) is 5.82 Å². The fourth-order valence-electron chi connectivity index (χ4n) is 1.47. The zero-order valence-corrected chi connectivity index (χ0v) is 11.1. The Morgan fingerprint density at radius 2 is 1.62 bits per heavy atom. The average molecular weight is 320 g/mol. The van der Waals surface area contributed by atoms with Crippen molar-refractivity contribution in [3.05, 3.63) is 56.7 Å². The third-order valence-electron chi connectivity index (χ3n) is 2.11. The normalized spacial score (nSPS) is 10.5. The van der Waals surface area contributed by atoms with E-state index >= 15 is 0 Å². The summed E-state index contributed by atoms with van der Waals surface area (Å²) in [5.41, 5.74) is 1.30. The van der Waals surface area contributed by atoms with Crippen molar-refractivity contribution in [2.45, 2.75) is 0 Å². The Labute approximate surface area is 111 Å². The first kappa shape index (κ1) is 11.9. The molecule has 0 aliphatic carbocycles. The van der Waals surface area contributed by atoms with Crippen molar-refractivity contribution in [2.24, 2.45) is 0 Å². The molecule has 0 radical (unpaired) electrons. The van der Waals surface area contributed by atoms with Crippen LogP contribution in [-0.2, 0) is 0 Å². The van der Waals surface area contributed by atoms with Crippen LogP contribution in [0.3, 0.4) is 0 Å². The molecule has 4 heteroatoms. The molecule has 0 unspecified atom stereocenters. The molecule has 2 aromatic carbocycles. The van der Waals surface area contributed by atoms with Gasteiger partial charge in [-0.05, 0) is 35.9 Å². The molecule has 0 atom stereocenters. The summed E-state index contributed by atoms with van der Waals surface area (Å²) in [4.78, 5) is 0. The first-order chi connectivity index (χ1) is 7.58. The summed E-state index contributed by atoms with van der Waals surface area (Å²) >= 11 is 15.3. The van der Waals surface area contributed by atoms with Crippen molar-refractivity contribution in [3.63, 3.8) is 0 Å². The van der Waals surface area contributed by atoms with Gasteiger partial charge in [-0.25, -0.2) is 4.39 Å². The highest BCUT2D eigenvalue weighted by molar-refractivity contribution is 9.10. The molecule has 82 valence electrons. The third-order valence-corrected chi connectivity index (χ3v) is 3.20. The van der Waals surface area contributed by atoms with Gasteiger partial charge in [0.25, 0.3) is 0 Å². The minimum absolute atomic E-state index is 0.333. The Morgan fingerprint density at radius 1 is 1.00 bits per heavy atom. The van der Waals surface area contributed by atoms with Crippen LogP contribution in [0, 0.1) is 5.82 Å². The first-order valence-electron chi connectivity index (χ1n) is 4.48. The quantitative estimate of drug-likeness (QED) is 0.645. The summed E-state index contributed by atoms with van der Waals surface area (Å²) in [5, 5.41) is 1.01. The second-order valence-corrected chi connectivity index (χ2v) is 4.98. The Hall–Kier alpha value is -0.570. The second-order valence-electron chi connectivity index (χ2n) is 3.25. The van der Waals surface area contributed by atoms with Gasteiger partial charge in [0, 0.05) is 20.1 Å². The zero-order valence-electron chi connectivity index (χ0n) is 7.98. The number of benzene rings is 2. The van der Waals surface area contributed by atoms with E-state index in [0.29, 0.717) is 25.6 Å². The highest BCUT2D eigenvalue weighted by Crippen LogP contribution is 2.35. The standard InChI is InChI=1S/C12H6BrCl2F/c13-8-4-7(5-9(16)6-8)12-10(14)2-1-3-11(12)15/h1-6H. The Balaban J connectivity index is 2.67. The summed E-state index contributed by atoms with van der Waals surface area (Å²) in [6, 6.07) is 9.76. The van der Waals surface area contributed by atoms with Gasteiger partial charge in [-0.2, -0.15) is 0 Å². The van der Waals surface area contributed by atoms with Crippen molar-refractivity contribution < 1.29 is 4.39 Å². The first-order valence-corrected chi connectivity index (χ1v) is 6.03. The lowest BCUT2D eigenvalue weighted by Crippen LogP contribution is -1.84.